The van der Waals surface area contributed by atoms with Crippen LogP contribution >= 0.6 is 0 Å². The Labute approximate surface area is 111 Å². The van der Waals surface area contributed by atoms with E-state index in [0.717, 1.165) is 25.7 Å². The first kappa shape index (κ1) is 14.4. The quantitative estimate of drug-likeness (QED) is 0.917. The van der Waals surface area contributed by atoms with Gasteiger partial charge in [0.25, 0.3) is 6.43 Å². The minimum absolute atomic E-state index is 0.0904. The Balaban J connectivity index is 1.94. The SMILES string of the molecule is CC1(C)CCC(c2noc(CC(O)C(F)F)n2)CC1. The van der Waals surface area contributed by atoms with Gasteiger partial charge in [0.15, 0.2) is 5.82 Å². The fourth-order valence-corrected chi connectivity index (χ4v) is 2.44. The Morgan fingerprint density at radius 3 is 2.58 bits per heavy atom. The van der Waals surface area contributed by atoms with Crippen molar-refractivity contribution in [3.05, 3.63) is 11.7 Å². The van der Waals surface area contributed by atoms with Crippen molar-refractivity contribution < 1.29 is 18.4 Å². The average Bonchev–Trinajstić information content (AvgIpc) is 2.77. The molecule has 1 aliphatic rings. The van der Waals surface area contributed by atoms with Crippen molar-refractivity contribution in [3.63, 3.8) is 0 Å². The zero-order chi connectivity index (χ0) is 14.0. The number of hydrogen-bond acceptors (Lipinski definition) is 4. The molecule has 0 aliphatic heterocycles. The summed E-state index contributed by atoms with van der Waals surface area (Å²) in [6.07, 6.45) is -0.637. The minimum atomic E-state index is -2.79. The van der Waals surface area contributed by atoms with Gasteiger partial charge < -0.3 is 9.63 Å². The van der Waals surface area contributed by atoms with Crippen LogP contribution in [-0.4, -0.2) is 27.8 Å². The van der Waals surface area contributed by atoms with Gasteiger partial charge in [0.05, 0.1) is 6.42 Å². The molecule has 0 spiro atoms. The normalized spacial score (nSPS) is 21.8. The number of aromatic nitrogens is 2. The van der Waals surface area contributed by atoms with Crippen LogP contribution in [0.25, 0.3) is 0 Å². The van der Waals surface area contributed by atoms with E-state index in [1.54, 1.807) is 0 Å². The Bertz CT molecular complexity index is 411. The van der Waals surface area contributed by atoms with E-state index in [4.69, 9.17) is 9.63 Å². The summed E-state index contributed by atoms with van der Waals surface area (Å²) in [5.74, 6) is 0.925. The van der Waals surface area contributed by atoms with Crippen molar-refractivity contribution in [1.82, 2.24) is 10.1 Å². The van der Waals surface area contributed by atoms with E-state index in [-0.39, 0.29) is 18.2 Å². The maximum atomic E-state index is 12.2. The van der Waals surface area contributed by atoms with Gasteiger partial charge in [0.1, 0.15) is 6.10 Å². The van der Waals surface area contributed by atoms with Crippen molar-refractivity contribution in [3.8, 4) is 0 Å². The van der Waals surface area contributed by atoms with Gasteiger partial charge in [-0.3, -0.25) is 0 Å². The molecule has 0 aromatic carbocycles. The molecule has 0 amide bonds. The third-order valence-corrected chi connectivity index (χ3v) is 3.86. The summed E-state index contributed by atoms with van der Waals surface area (Å²) in [7, 11) is 0. The van der Waals surface area contributed by atoms with E-state index < -0.39 is 12.5 Å². The smallest absolute Gasteiger partial charge is 0.264 e. The molecule has 1 unspecified atom stereocenters. The molecule has 1 N–H and O–H groups in total. The molecule has 1 aromatic heterocycles. The maximum Gasteiger partial charge on any atom is 0.264 e. The first-order chi connectivity index (χ1) is 8.87. The Morgan fingerprint density at radius 2 is 2.00 bits per heavy atom. The summed E-state index contributed by atoms with van der Waals surface area (Å²) in [6, 6.07) is 0. The molecule has 4 nitrogen and oxygen atoms in total. The molecule has 0 saturated heterocycles. The van der Waals surface area contributed by atoms with Gasteiger partial charge in [-0.15, -0.1) is 0 Å². The van der Waals surface area contributed by atoms with Crippen molar-refractivity contribution in [2.45, 2.75) is 64.4 Å². The molecule has 1 fully saturated rings. The van der Waals surface area contributed by atoms with E-state index in [1.165, 1.54) is 0 Å². The van der Waals surface area contributed by atoms with Crippen LogP contribution < -0.4 is 0 Å². The molecule has 6 heteroatoms. The molecule has 1 aromatic rings. The van der Waals surface area contributed by atoms with Gasteiger partial charge in [0.2, 0.25) is 5.89 Å². The van der Waals surface area contributed by atoms with Crippen LogP contribution in [0.15, 0.2) is 4.52 Å². The molecule has 1 aliphatic carbocycles. The van der Waals surface area contributed by atoms with Crippen LogP contribution in [0.1, 0.15) is 57.2 Å². The number of aliphatic hydroxyl groups excluding tert-OH is 1. The number of alkyl halides is 2. The number of halogens is 2. The van der Waals surface area contributed by atoms with Crippen molar-refractivity contribution in [2.24, 2.45) is 5.41 Å². The second-order valence-electron chi connectivity index (χ2n) is 6.09. The topological polar surface area (TPSA) is 59.2 Å². The summed E-state index contributed by atoms with van der Waals surface area (Å²) in [5, 5.41) is 12.9. The summed E-state index contributed by atoms with van der Waals surface area (Å²) < 4.78 is 29.4. The molecular formula is C13H20F2N2O2. The Hall–Kier alpha value is -1.04. The fraction of sp³-hybridized carbons (Fsp3) is 0.846. The summed E-state index contributed by atoms with van der Waals surface area (Å²) in [6.45, 7) is 4.48. The predicted molar refractivity (Wildman–Crippen MR) is 65.0 cm³/mol. The van der Waals surface area contributed by atoms with E-state index in [0.29, 0.717) is 11.2 Å². The van der Waals surface area contributed by atoms with Crippen molar-refractivity contribution >= 4 is 0 Å². The lowest BCUT2D eigenvalue weighted by Crippen LogP contribution is -2.21. The van der Waals surface area contributed by atoms with E-state index in [2.05, 4.69) is 24.0 Å². The number of aliphatic hydroxyl groups is 1. The first-order valence-electron chi connectivity index (χ1n) is 6.66. The zero-order valence-corrected chi connectivity index (χ0v) is 11.3. The molecular weight excluding hydrogens is 254 g/mol. The first-order valence-corrected chi connectivity index (χ1v) is 6.66. The zero-order valence-electron chi connectivity index (χ0n) is 11.3. The lowest BCUT2D eigenvalue weighted by Gasteiger charge is -2.32. The molecule has 0 radical (unpaired) electrons. The molecule has 108 valence electrons. The monoisotopic (exact) mass is 274 g/mol. The van der Waals surface area contributed by atoms with Crippen molar-refractivity contribution in [2.75, 3.05) is 0 Å². The molecule has 1 heterocycles. The van der Waals surface area contributed by atoms with Crippen LogP contribution in [0.2, 0.25) is 0 Å². The average molecular weight is 274 g/mol. The van der Waals surface area contributed by atoms with Gasteiger partial charge in [-0.25, -0.2) is 8.78 Å². The molecule has 1 atom stereocenters. The highest BCUT2D eigenvalue weighted by Crippen LogP contribution is 2.41. The summed E-state index contributed by atoms with van der Waals surface area (Å²) in [5.41, 5.74) is 0.356. The highest BCUT2D eigenvalue weighted by molar-refractivity contribution is 4.99. The second kappa shape index (κ2) is 5.53. The highest BCUT2D eigenvalue weighted by Gasteiger charge is 2.30. The number of nitrogens with zero attached hydrogens (tertiary/aromatic N) is 2. The fourth-order valence-electron chi connectivity index (χ4n) is 2.44. The van der Waals surface area contributed by atoms with Gasteiger partial charge in [-0.2, -0.15) is 4.98 Å². The minimum Gasteiger partial charge on any atom is -0.387 e. The van der Waals surface area contributed by atoms with Crippen LogP contribution in [0, 0.1) is 5.41 Å². The van der Waals surface area contributed by atoms with E-state index in [9.17, 15) is 8.78 Å². The Morgan fingerprint density at radius 1 is 1.37 bits per heavy atom. The second-order valence-corrected chi connectivity index (χ2v) is 6.09. The van der Waals surface area contributed by atoms with Crippen LogP contribution in [0.4, 0.5) is 8.78 Å². The van der Waals surface area contributed by atoms with Gasteiger partial charge >= 0.3 is 0 Å². The lowest BCUT2D eigenvalue weighted by atomic mass is 9.73. The van der Waals surface area contributed by atoms with Crippen molar-refractivity contribution in [1.29, 1.82) is 0 Å². The van der Waals surface area contributed by atoms with Crippen LogP contribution in [-0.2, 0) is 6.42 Å². The van der Waals surface area contributed by atoms with Gasteiger partial charge in [0, 0.05) is 5.92 Å². The third-order valence-electron chi connectivity index (χ3n) is 3.86. The molecule has 1 saturated carbocycles. The lowest BCUT2D eigenvalue weighted by molar-refractivity contribution is -0.00754. The van der Waals surface area contributed by atoms with Gasteiger partial charge in [-0.05, 0) is 31.1 Å². The van der Waals surface area contributed by atoms with Gasteiger partial charge in [-0.1, -0.05) is 19.0 Å². The molecule has 2 rings (SSSR count). The standard InChI is InChI=1S/C13H20F2N2O2/c1-13(2)5-3-8(4-6-13)12-16-10(19-17-12)7-9(18)11(14)15/h8-9,11,18H,3-7H2,1-2H3. The number of rotatable bonds is 4. The number of hydrogen-bond donors (Lipinski definition) is 1. The van der Waals surface area contributed by atoms with E-state index >= 15 is 0 Å². The predicted octanol–water partition coefficient (Wildman–Crippen LogP) is 2.92. The largest absolute Gasteiger partial charge is 0.387 e. The summed E-state index contributed by atoms with van der Waals surface area (Å²) in [4.78, 5) is 4.13. The summed E-state index contributed by atoms with van der Waals surface area (Å²) >= 11 is 0. The maximum absolute atomic E-state index is 12.2. The van der Waals surface area contributed by atoms with Crippen LogP contribution in [0.3, 0.4) is 0 Å². The molecule has 0 bridgehead atoms. The Kier molecular flexibility index (Phi) is 4.18. The third kappa shape index (κ3) is 3.72. The molecule has 19 heavy (non-hydrogen) atoms. The van der Waals surface area contributed by atoms with Crippen LogP contribution in [0.5, 0.6) is 0 Å². The van der Waals surface area contributed by atoms with E-state index in [1.807, 2.05) is 0 Å². The highest BCUT2D eigenvalue weighted by atomic mass is 19.3.